The minimum atomic E-state index is 0.130. The first kappa shape index (κ1) is 5.29. The summed E-state index contributed by atoms with van der Waals surface area (Å²) < 4.78 is 0. The van der Waals surface area contributed by atoms with Gasteiger partial charge in [-0.05, 0) is 24.5 Å². The van der Waals surface area contributed by atoms with Gasteiger partial charge >= 0.3 is 0 Å². The number of rotatable bonds is 0. The Bertz CT molecular complexity index is 175. The van der Waals surface area contributed by atoms with Crippen LogP contribution in [0.25, 0.3) is 0 Å². The van der Waals surface area contributed by atoms with Crippen LogP contribution in [0.1, 0.15) is 13.3 Å². The Morgan fingerprint density at radius 2 is 2.38 bits per heavy atom. The summed E-state index contributed by atoms with van der Waals surface area (Å²) in [6, 6.07) is 0. The maximum atomic E-state index is 10.7. The summed E-state index contributed by atoms with van der Waals surface area (Å²) in [5, 5.41) is 0. The number of Topliss-reactive ketones (excluding diaryl/α,β-unsaturated/α-hetero) is 1. The highest BCUT2D eigenvalue weighted by Crippen LogP contribution is 2.16. The zero-order chi connectivity index (χ0) is 6.15. The first-order chi connectivity index (χ1) is 3.72. The van der Waals surface area contributed by atoms with E-state index < -0.39 is 0 Å². The molecule has 0 aromatic rings. The highest BCUT2D eigenvalue weighted by molar-refractivity contribution is 6.09. The van der Waals surface area contributed by atoms with Gasteiger partial charge in [-0.1, -0.05) is 12.7 Å². The maximum absolute atomic E-state index is 10.7. The van der Waals surface area contributed by atoms with Crippen LogP contribution in [0.4, 0.5) is 0 Å². The van der Waals surface area contributed by atoms with Crippen molar-refractivity contribution in [2.75, 3.05) is 0 Å². The lowest BCUT2D eigenvalue weighted by molar-refractivity contribution is -0.111. The molecule has 0 N–H and O–H groups in total. The van der Waals surface area contributed by atoms with Gasteiger partial charge in [0.1, 0.15) is 0 Å². The van der Waals surface area contributed by atoms with E-state index in [1.54, 1.807) is 0 Å². The fraction of sp³-hybridized carbons (Fsp3) is 0.286. The van der Waals surface area contributed by atoms with Crippen LogP contribution >= 0.6 is 0 Å². The van der Waals surface area contributed by atoms with Crippen molar-refractivity contribution in [1.29, 1.82) is 0 Å². The third-order valence-corrected chi connectivity index (χ3v) is 1.33. The van der Waals surface area contributed by atoms with Crippen molar-refractivity contribution in [2.24, 2.45) is 0 Å². The SMILES string of the molecule is C=C1CC=C(C)C1=O. The van der Waals surface area contributed by atoms with Gasteiger partial charge in [-0.2, -0.15) is 0 Å². The van der Waals surface area contributed by atoms with E-state index in [9.17, 15) is 4.79 Å². The number of ketones is 1. The van der Waals surface area contributed by atoms with Gasteiger partial charge in [-0.25, -0.2) is 0 Å². The molecule has 1 heteroatoms. The van der Waals surface area contributed by atoms with E-state index in [1.807, 2.05) is 13.0 Å². The highest BCUT2D eigenvalue weighted by Gasteiger charge is 2.13. The molecule has 0 unspecified atom stereocenters. The molecule has 0 bridgehead atoms. The molecule has 0 saturated heterocycles. The van der Waals surface area contributed by atoms with Crippen LogP contribution in [0.15, 0.2) is 23.8 Å². The summed E-state index contributed by atoms with van der Waals surface area (Å²) in [7, 11) is 0. The maximum Gasteiger partial charge on any atom is 0.184 e. The number of hydrogen-bond acceptors (Lipinski definition) is 1. The molecule has 0 spiro atoms. The third-order valence-electron chi connectivity index (χ3n) is 1.33. The number of carbonyl (C=O) groups excluding carboxylic acids is 1. The lowest BCUT2D eigenvalue weighted by Crippen LogP contribution is -1.93. The van der Waals surface area contributed by atoms with E-state index >= 15 is 0 Å². The first-order valence-corrected chi connectivity index (χ1v) is 2.61. The summed E-state index contributed by atoms with van der Waals surface area (Å²) in [6.07, 6.45) is 2.66. The topological polar surface area (TPSA) is 17.1 Å². The summed E-state index contributed by atoms with van der Waals surface area (Å²) in [4.78, 5) is 10.7. The fourth-order valence-corrected chi connectivity index (χ4v) is 0.741. The molecular formula is C7H8O. The Labute approximate surface area is 48.7 Å². The Kier molecular flexibility index (Phi) is 1.05. The largest absolute Gasteiger partial charge is 0.289 e. The van der Waals surface area contributed by atoms with Gasteiger partial charge < -0.3 is 0 Å². The van der Waals surface area contributed by atoms with E-state index in [2.05, 4.69) is 6.58 Å². The summed E-state index contributed by atoms with van der Waals surface area (Å²) >= 11 is 0. The lowest BCUT2D eigenvalue weighted by Gasteiger charge is -1.86. The molecule has 1 aliphatic rings. The predicted molar refractivity (Wildman–Crippen MR) is 32.5 cm³/mol. The van der Waals surface area contributed by atoms with Crippen molar-refractivity contribution in [3.63, 3.8) is 0 Å². The van der Waals surface area contributed by atoms with E-state index in [0.29, 0.717) is 0 Å². The summed E-state index contributed by atoms with van der Waals surface area (Å²) in [5.41, 5.74) is 1.57. The Hall–Kier alpha value is -0.850. The molecule has 0 aromatic heterocycles. The molecule has 1 aliphatic carbocycles. The van der Waals surface area contributed by atoms with Crippen LogP contribution in [-0.2, 0) is 4.79 Å². The average Bonchev–Trinajstić information content (AvgIpc) is 1.98. The lowest BCUT2D eigenvalue weighted by atomic mass is 10.2. The molecule has 0 heterocycles. The zero-order valence-corrected chi connectivity index (χ0v) is 4.90. The van der Waals surface area contributed by atoms with E-state index in [0.717, 1.165) is 17.6 Å². The molecule has 0 radical (unpaired) electrons. The second kappa shape index (κ2) is 1.58. The van der Waals surface area contributed by atoms with Crippen molar-refractivity contribution < 1.29 is 4.79 Å². The van der Waals surface area contributed by atoms with Crippen molar-refractivity contribution in [2.45, 2.75) is 13.3 Å². The van der Waals surface area contributed by atoms with Gasteiger partial charge in [-0.15, -0.1) is 0 Å². The molecule has 0 atom stereocenters. The second-order valence-electron chi connectivity index (χ2n) is 2.02. The van der Waals surface area contributed by atoms with Gasteiger partial charge in [0, 0.05) is 0 Å². The Morgan fingerprint density at radius 3 is 2.50 bits per heavy atom. The summed E-state index contributed by atoms with van der Waals surface area (Å²) in [6.45, 7) is 5.40. The molecule has 0 saturated carbocycles. The third kappa shape index (κ3) is 0.601. The van der Waals surface area contributed by atoms with Gasteiger partial charge in [0.2, 0.25) is 0 Å². The average molecular weight is 108 g/mol. The molecule has 0 amide bonds. The Morgan fingerprint density at radius 1 is 1.75 bits per heavy atom. The monoisotopic (exact) mass is 108 g/mol. The minimum Gasteiger partial charge on any atom is -0.289 e. The van der Waals surface area contributed by atoms with Crippen LogP contribution in [0.3, 0.4) is 0 Å². The van der Waals surface area contributed by atoms with Gasteiger partial charge in [-0.3, -0.25) is 4.79 Å². The molecule has 1 rings (SSSR count). The standard InChI is InChI=1S/C7H8O/c1-5-3-4-6(2)7(5)8/h4H,1,3H2,2H3. The molecular weight excluding hydrogens is 100 g/mol. The predicted octanol–water partition coefficient (Wildman–Crippen LogP) is 1.46. The molecule has 0 aliphatic heterocycles. The van der Waals surface area contributed by atoms with E-state index in [4.69, 9.17) is 0 Å². The van der Waals surface area contributed by atoms with E-state index in [-0.39, 0.29) is 5.78 Å². The molecule has 8 heavy (non-hydrogen) atoms. The highest BCUT2D eigenvalue weighted by atomic mass is 16.1. The van der Waals surface area contributed by atoms with Crippen LogP contribution in [0.5, 0.6) is 0 Å². The number of hydrogen-bond donors (Lipinski definition) is 0. The smallest absolute Gasteiger partial charge is 0.184 e. The molecule has 0 fully saturated rings. The fourth-order valence-electron chi connectivity index (χ4n) is 0.741. The minimum absolute atomic E-state index is 0.130. The second-order valence-corrected chi connectivity index (χ2v) is 2.02. The molecule has 0 aromatic carbocycles. The number of carbonyl (C=O) groups is 1. The normalized spacial score (nSPS) is 19.4. The Balaban J connectivity index is 2.89. The van der Waals surface area contributed by atoms with Crippen molar-refractivity contribution in [3.8, 4) is 0 Å². The van der Waals surface area contributed by atoms with Crippen molar-refractivity contribution >= 4 is 5.78 Å². The van der Waals surface area contributed by atoms with E-state index in [1.165, 1.54) is 0 Å². The number of allylic oxidation sites excluding steroid dienone is 3. The van der Waals surface area contributed by atoms with Gasteiger partial charge in [0.15, 0.2) is 5.78 Å². The van der Waals surface area contributed by atoms with Crippen LogP contribution in [-0.4, -0.2) is 5.78 Å². The van der Waals surface area contributed by atoms with Gasteiger partial charge in [0.05, 0.1) is 0 Å². The summed E-state index contributed by atoms with van der Waals surface area (Å²) in [5.74, 6) is 0.130. The van der Waals surface area contributed by atoms with Crippen LogP contribution < -0.4 is 0 Å². The van der Waals surface area contributed by atoms with Crippen molar-refractivity contribution in [3.05, 3.63) is 23.8 Å². The van der Waals surface area contributed by atoms with Crippen LogP contribution in [0, 0.1) is 0 Å². The molecule has 42 valence electrons. The van der Waals surface area contributed by atoms with Gasteiger partial charge in [0.25, 0.3) is 0 Å². The zero-order valence-electron chi connectivity index (χ0n) is 4.90. The quantitative estimate of drug-likeness (QED) is 0.429. The first-order valence-electron chi connectivity index (χ1n) is 2.61. The molecule has 1 nitrogen and oxygen atoms in total. The van der Waals surface area contributed by atoms with Crippen molar-refractivity contribution in [1.82, 2.24) is 0 Å². The van der Waals surface area contributed by atoms with Crippen LogP contribution in [0.2, 0.25) is 0 Å².